The fourth-order valence-corrected chi connectivity index (χ4v) is 6.46. The molecule has 0 aliphatic carbocycles. The summed E-state index contributed by atoms with van der Waals surface area (Å²) in [5.41, 5.74) is 0. The van der Waals surface area contributed by atoms with Gasteiger partial charge in [0.05, 0.1) is 17.9 Å². The van der Waals surface area contributed by atoms with Crippen LogP contribution in [0.15, 0.2) is 48.6 Å². The molecule has 48 heavy (non-hydrogen) atoms. The van der Waals surface area contributed by atoms with Crippen molar-refractivity contribution in [3.63, 3.8) is 0 Å². The number of rotatable bonds is 35. The van der Waals surface area contributed by atoms with Gasteiger partial charge in [-0.15, -0.1) is 0 Å². The second-order valence-corrected chi connectivity index (χ2v) is 15.0. The zero-order chi connectivity index (χ0) is 35.4. The van der Waals surface area contributed by atoms with Gasteiger partial charge in [-0.05, 0) is 64.2 Å². The third-order valence-electron chi connectivity index (χ3n) is 8.73. The van der Waals surface area contributed by atoms with Crippen molar-refractivity contribution in [2.45, 2.75) is 199 Å². The first-order valence-corrected chi connectivity index (χ1v) is 21.4. The predicted octanol–water partition coefficient (Wildman–Crippen LogP) is 11.5. The van der Waals surface area contributed by atoms with Crippen molar-refractivity contribution in [3.8, 4) is 0 Å². The van der Waals surface area contributed by atoms with E-state index < -0.39 is 28.0 Å². The van der Waals surface area contributed by atoms with Gasteiger partial charge in [-0.25, -0.2) is 0 Å². The molecule has 7 heteroatoms. The van der Waals surface area contributed by atoms with E-state index in [1.165, 1.54) is 122 Å². The summed E-state index contributed by atoms with van der Waals surface area (Å²) in [6, 6.07) is -1.08. The molecule has 0 aliphatic rings. The number of carbonyl (C=O) groups excluding carboxylic acids is 1. The first-order valence-electron chi connectivity index (χ1n) is 19.8. The second-order valence-electron chi connectivity index (χ2n) is 13.5. The predicted molar refractivity (Wildman–Crippen MR) is 207 cm³/mol. The smallest absolute Gasteiger partial charge is 0.267 e. The highest BCUT2D eigenvalue weighted by Gasteiger charge is 2.24. The number of carbonyl (C=O) groups is 1. The molecule has 0 aromatic heterocycles. The average Bonchev–Trinajstić information content (AvgIpc) is 3.05. The Morgan fingerprint density at radius 3 is 1.48 bits per heavy atom. The SMILES string of the molecule is CCCCC/C=C\C/C=C\CCCCCCCCCCCC(=O)NC(CS(=O)(=O)O)C(O)/C=C/CC/C=C/CCCCCCCCCC. The number of unbranched alkanes of at least 4 members (excludes halogenated alkanes) is 21. The highest BCUT2D eigenvalue weighted by Crippen LogP contribution is 2.13. The van der Waals surface area contributed by atoms with E-state index in [1.807, 2.05) is 0 Å². The van der Waals surface area contributed by atoms with Crippen LogP contribution in [0.2, 0.25) is 0 Å². The van der Waals surface area contributed by atoms with Crippen LogP contribution in [-0.4, -0.2) is 41.9 Å². The molecule has 2 atom stereocenters. The Labute approximate surface area is 297 Å². The van der Waals surface area contributed by atoms with E-state index in [-0.39, 0.29) is 12.3 Å². The molecule has 0 bridgehead atoms. The van der Waals surface area contributed by atoms with Gasteiger partial charge < -0.3 is 10.4 Å². The summed E-state index contributed by atoms with van der Waals surface area (Å²) in [6.07, 6.45) is 46.6. The van der Waals surface area contributed by atoms with Gasteiger partial charge in [0.25, 0.3) is 10.1 Å². The molecule has 0 saturated heterocycles. The molecule has 0 aromatic carbocycles. The number of hydrogen-bond donors (Lipinski definition) is 3. The number of hydrogen-bond acceptors (Lipinski definition) is 4. The normalized spacial score (nSPS) is 13.8. The minimum absolute atomic E-state index is 0.282. The molecule has 0 aliphatic heterocycles. The van der Waals surface area contributed by atoms with Crippen molar-refractivity contribution < 1.29 is 22.9 Å². The number of allylic oxidation sites excluding steroid dienone is 7. The van der Waals surface area contributed by atoms with Crippen molar-refractivity contribution >= 4 is 16.0 Å². The molecular weight excluding hydrogens is 619 g/mol. The van der Waals surface area contributed by atoms with Crippen LogP contribution in [0.3, 0.4) is 0 Å². The lowest BCUT2D eigenvalue weighted by Gasteiger charge is -2.21. The Balaban J connectivity index is 3.98. The summed E-state index contributed by atoms with van der Waals surface area (Å²) < 4.78 is 32.4. The summed E-state index contributed by atoms with van der Waals surface area (Å²) in [7, 11) is -4.35. The van der Waals surface area contributed by atoms with E-state index in [9.17, 15) is 22.9 Å². The van der Waals surface area contributed by atoms with E-state index in [0.717, 1.165) is 44.9 Å². The van der Waals surface area contributed by atoms with Crippen molar-refractivity contribution in [1.29, 1.82) is 0 Å². The van der Waals surface area contributed by atoms with Crippen molar-refractivity contribution in [1.82, 2.24) is 5.32 Å². The lowest BCUT2D eigenvalue weighted by molar-refractivity contribution is -0.122. The minimum atomic E-state index is -4.35. The van der Waals surface area contributed by atoms with Crippen molar-refractivity contribution in [3.05, 3.63) is 48.6 Å². The zero-order valence-corrected chi connectivity index (χ0v) is 31.9. The van der Waals surface area contributed by atoms with Crippen molar-refractivity contribution in [2.24, 2.45) is 0 Å². The van der Waals surface area contributed by atoms with Gasteiger partial charge in [0.2, 0.25) is 5.91 Å². The van der Waals surface area contributed by atoms with Gasteiger partial charge in [0.1, 0.15) is 0 Å². The van der Waals surface area contributed by atoms with Gasteiger partial charge in [-0.3, -0.25) is 9.35 Å². The maximum Gasteiger partial charge on any atom is 0.267 e. The highest BCUT2D eigenvalue weighted by atomic mass is 32.2. The molecule has 0 fully saturated rings. The summed E-state index contributed by atoms with van der Waals surface area (Å²) in [5, 5.41) is 13.2. The Hall–Kier alpha value is -1.70. The maximum atomic E-state index is 12.5. The Morgan fingerprint density at radius 1 is 0.562 bits per heavy atom. The zero-order valence-electron chi connectivity index (χ0n) is 31.1. The first kappa shape index (κ1) is 46.3. The van der Waals surface area contributed by atoms with E-state index in [2.05, 4.69) is 55.6 Å². The van der Waals surface area contributed by atoms with Crippen LogP contribution in [0.1, 0.15) is 187 Å². The van der Waals surface area contributed by atoms with Gasteiger partial charge >= 0.3 is 0 Å². The summed E-state index contributed by atoms with van der Waals surface area (Å²) in [6.45, 7) is 4.48. The number of aliphatic hydroxyl groups is 1. The van der Waals surface area contributed by atoms with E-state index >= 15 is 0 Å². The van der Waals surface area contributed by atoms with Gasteiger partial charge in [-0.1, -0.05) is 165 Å². The average molecular weight is 694 g/mol. The van der Waals surface area contributed by atoms with E-state index in [4.69, 9.17) is 0 Å². The van der Waals surface area contributed by atoms with E-state index in [0.29, 0.717) is 6.42 Å². The van der Waals surface area contributed by atoms with Crippen LogP contribution in [0, 0.1) is 0 Å². The van der Waals surface area contributed by atoms with Gasteiger partial charge in [0, 0.05) is 6.42 Å². The monoisotopic (exact) mass is 694 g/mol. The summed E-state index contributed by atoms with van der Waals surface area (Å²) in [5.74, 6) is -1.01. The maximum absolute atomic E-state index is 12.5. The molecular formula is C41H75NO5S. The van der Waals surface area contributed by atoms with Crippen LogP contribution in [0.5, 0.6) is 0 Å². The number of aliphatic hydroxyl groups excluding tert-OH is 1. The van der Waals surface area contributed by atoms with Crippen LogP contribution in [-0.2, 0) is 14.9 Å². The third kappa shape index (κ3) is 35.6. The van der Waals surface area contributed by atoms with Gasteiger partial charge in [-0.2, -0.15) is 8.42 Å². The van der Waals surface area contributed by atoms with Crippen LogP contribution < -0.4 is 5.32 Å². The molecule has 6 nitrogen and oxygen atoms in total. The van der Waals surface area contributed by atoms with Crippen LogP contribution in [0.25, 0.3) is 0 Å². The third-order valence-corrected chi connectivity index (χ3v) is 9.51. The Kier molecular flexibility index (Phi) is 33.9. The van der Waals surface area contributed by atoms with Crippen molar-refractivity contribution in [2.75, 3.05) is 5.75 Å². The lowest BCUT2D eigenvalue weighted by Crippen LogP contribution is -2.46. The Bertz CT molecular complexity index is 940. The van der Waals surface area contributed by atoms with E-state index in [1.54, 1.807) is 6.08 Å². The number of nitrogens with one attached hydrogen (secondary N) is 1. The number of amides is 1. The molecule has 0 heterocycles. The molecule has 0 radical (unpaired) electrons. The summed E-state index contributed by atoms with van der Waals surface area (Å²) in [4.78, 5) is 12.5. The fourth-order valence-electron chi connectivity index (χ4n) is 5.73. The molecule has 3 N–H and O–H groups in total. The molecule has 0 rings (SSSR count). The minimum Gasteiger partial charge on any atom is -0.387 e. The summed E-state index contributed by atoms with van der Waals surface area (Å²) >= 11 is 0. The van der Waals surface area contributed by atoms with Crippen LogP contribution in [0.4, 0.5) is 0 Å². The fraction of sp³-hybridized carbons (Fsp3) is 0.780. The van der Waals surface area contributed by atoms with Crippen LogP contribution >= 0.6 is 0 Å². The highest BCUT2D eigenvalue weighted by molar-refractivity contribution is 7.85. The first-order chi connectivity index (χ1) is 23.3. The lowest BCUT2D eigenvalue weighted by atomic mass is 10.1. The molecule has 280 valence electrons. The quantitative estimate of drug-likeness (QED) is 0.0348. The Morgan fingerprint density at radius 2 is 0.958 bits per heavy atom. The van der Waals surface area contributed by atoms with Gasteiger partial charge in [0.15, 0.2) is 0 Å². The largest absolute Gasteiger partial charge is 0.387 e. The molecule has 0 aromatic rings. The molecule has 2 unspecified atom stereocenters. The topological polar surface area (TPSA) is 104 Å². The molecule has 0 saturated carbocycles. The standard InChI is InChI=1S/C41H75NO5S/c1-3-5-7-9-11-13-15-17-19-20-21-22-23-25-27-29-31-33-35-37-41(44)42-39(38-48(45,46)47)40(43)36-34-32-30-28-26-24-18-16-14-12-10-8-6-4-2/h11,13,17,19,26,28,34,36,39-40,43H,3-10,12,14-16,18,20-25,27,29-33,35,37-38H2,1-2H3,(H,42,44)(H,45,46,47)/b13-11-,19-17-,28-26+,36-34+. The molecule has 0 spiro atoms. The molecule has 1 amide bonds. The second kappa shape index (κ2) is 35.1.